The van der Waals surface area contributed by atoms with E-state index in [-0.39, 0.29) is 10.8 Å². The van der Waals surface area contributed by atoms with E-state index in [0.717, 1.165) is 17.8 Å². The third-order valence-corrected chi connectivity index (χ3v) is 13.3. The van der Waals surface area contributed by atoms with Crippen LogP contribution in [-0.4, -0.2) is 0 Å². The van der Waals surface area contributed by atoms with E-state index in [1.54, 1.807) is 5.56 Å². The summed E-state index contributed by atoms with van der Waals surface area (Å²) in [4.78, 5) is 2.67. The lowest BCUT2D eigenvalue weighted by Gasteiger charge is -2.57. The first-order chi connectivity index (χ1) is 24.3. The molecule has 0 saturated heterocycles. The highest BCUT2D eigenvalue weighted by atomic mass is 15.1. The van der Waals surface area contributed by atoms with E-state index >= 15 is 0 Å². The largest absolute Gasteiger partial charge is 0.310 e. The van der Waals surface area contributed by atoms with Gasteiger partial charge in [-0.25, -0.2) is 0 Å². The molecule has 50 heavy (non-hydrogen) atoms. The Morgan fingerprint density at radius 3 is 1.94 bits per heavy atom. The highest BCUT2D eigenvalue weighted by Gasteiger charge is 2.52. The fourth-order valence-corrected chi connectivity index (χ4v) is 11.5. The molecule has 4 saturated carbocycles. The van der Waals surface area contributed by atoms with Gasteiger partial charge in [0.1, 0.15) is 0 Å². The van der Waals surface area contributed by atoms with Crippen LogP contribution in [0.15, 0.2) is 121 Å². The monoisotopic (exact) mass is 649 g/mol. The second kappa shape index (κ2) is 10.9. The summed E-state index contributed by atoms with van der Waals surface area (Å²) in [5.74, 6) is 2.65. The van der Waals surface area contributed by atoms with E-state index in [2.05, 4.69) is 154 Å². The van der Waals surface area contributed by atoms with E-state index in [9.17, 15) is 0 Å². The predicted octanol–water partition coefficient (Wildman–Crippen LogP) is 13.4. The van der Waals surface area contributed by atoms with E-state index in [0.29, 0.717) is 0 Å². The van der Waals surface area contributed by atoms with Gasteiger partial charge in [0.05, 0.1) is 5.69 Å². The summed E-state index contributed by atoms with van der Waals surface area (Å²) in [6, 6.07) is 46.7. The zero-order valence-corrected chi connectivity index (χ0v) is 30.0. The molecular weight excluding hydrogens is 603 g/mol. The molecule has 0 atom stereocenters. The van der Waals surface area contributed by atoms with Crippen LogP contribution in [0.25, 0.3) is 33.0 Å². The van der Waals surface area contributed by atoms with Crippen LogP contribution in [0.2, 0.25) is 0 Å². The normalized spacial score (nSPS) is 24.0. The van der Waals surface area contributed by atoms with Gasteiger partial charge in [-0.3, -0.25) is 0 Å². The number of anilines is 3. The third kappa shape index (κ3) is 4.51. The van der Waals surface area contributed by atoms with Crippen LogP contribution in [0, 0.1) is 31.6 Å². The quantitative estimate of drug-likeness (QED) is 0.180. The van der Waals surface area contributed by atoms with Gasteiger partial charge in [0.2, 0.25) is 0 Å². The van der Waals surface area contributed by atoms with Crippen LogP contribution in [0.1, 0.15) is 80.2 Å². The molecule has 0 heterocycles. The van der Waals surface area contributed by atoms with Gasteiger partial charge >= 0.3 is 0 Å². The molecule has 0 spiro atoms. The molecule has 4 bridgehead atoms. The molecule has 6 aromatic rings. The molecule has 0 N–H and O–H groups in total. The molecule has 0 unspecified atom stereocenters. The number of benzene rings is 6. The van der Waals surface area contributed by atoms with Gasteiger partial charge in [0.15, 0.2) is 0 Å². The second-order valence-corrected chi connectivity index (χ2v) is 17.0. The van der Waals surface area contributed by atoms with Crippen molar-refractivity contribution in [2.75, 3.05) is 4.90 Å². The van der Waals surface area contributed by atoms with Crippen LogP contribution in [0.4, 0.5) is 17.1 Å². The first-order valence-electron chi connectivity index (χ1n) is 19.0. The van der Waals surface area contributed by atoms with Crippen LogP contribution in [-0.2, 0) is 10.8 Å². The number of rotatable bonds is 5. The number of hydrogen-bond donors (Lipinski definition) is 0. The summed E-state index contributed by atoms with van der Waals surface area (Å²) in [5, 5.41) is 2.56. The maximum absolute atomic E-state index is 2.67. The van der Waals surface area contributed by atoms with Crippen molar-refractivity contribution in [3.05, 3.63) is 149 Å². The van der Waals surface area contributed by atoms with E-state index in [4.69, 9.17) is 0 Å². The van der Waals surface area contributed by atoms with E-state index in [1.807, 2.05) is 0 Å². The lowest BCUT2D eigenvalue weighted by molar-refractivity contribution is -0.00491. The summed E-state index contributed by atoms with van der Waals surface area (Å²) in [5.41, 5.74) is 16.5. The Labute approximate surface area is 298 Å². The average molecular weight is 650 g/mol. The van der Waals surface area contributed by atoms with Crippen LogP contribution in [0.3, 0.4) is 0 Å². The number of nitrogens with zero attached hydrogens (tertiary/aromatic N) is 1. The molecule has 1 nitrogen and oxygen atoms in total. The molecule has 1 heteroatoms. The minimum Gasteiger partial charge on any atom is -0.310 e. The van der Waals surface area contributed by atoms with Gasteiger partial charge in [0, 0.05) is 22.4 Å². The predicted molar refractivity (Wildman–Crippen MR) is 211 cm³/mol. The van der Waals surface area contributed by atoms with Gasteiger partial charge in [-0.15, -0.1) is 0 Å². The Balaban J connectivity index is 1.25. The molecule has 248 valence electrons. The molecule has 5 aliphatic carbocycles. The second-order valence-electron chi connectivity index (χ2n) is 17.0. The molecule has 6 aromatic carbocycles. The Morgan fingerprint density at radius 2 is 1.20 bits per heavy atom. The molecule has 5 aliphatic rings. The van der Waals surface area contributed by atoms with E-state index in [1.165, 1.54) is 111 Å². The minimum atomic E-state index is -0.0828. The number of para-hydroxylation sites is 1. The van der Waals surface area contributed by atoms with Crippen molar-refractivity contribution in [1.82, 2.24) is 0 Å². The third-order valence-electron chi connectivity index (χ3n) is 13.3. The fraction of sp³-hybridized carbons (Fsp3) is 0.306. The number of hydrogen-bond acceptors (Lipinski definition) is 1. The average Bonchev–Trinajstić information content (AvgIpc) is 3.34. The lowest BCUT2D eigenvalue weighted by atomic mass is 9.48. The zero-order valence-electron chi connectivity index (χ0n) is 30.0. The van der Waals surface area contributed by atoms with Gasteiger partial charge in [-0.05, 0) is 156 Å². The lowest BCUT2D eigenvalue weighted by Crippen LogP contribution is -2.48. The number of aryl methyl sites for hydroxylation is 2. The van der Waals surface area contributed by atoms with Gasteiger partial charge in [-0.1, -0.05) is 110 Å². The highest BCUT2D eigenvalue weighted by Crippen LogP contribution is 2.63. The van der Waals surface area contributed by atoms with Crippen molar-refractivity contribution < 1.29 is 0 Å². The smallest absolute Gasteiger partial charge is 0.0546 e. The topological polar surface area (TPSA) is 3.24 Å². The minimum absolute atomic E-state index is 0.0828. The van der Waals surface area contributed by atoms with Crippen LogP contribution < -0.4 is 4.90 Å². The maximum atomic E-state index is 2.67. The van der Waals surface area contributed by atoms with Gasteiger partial charge < -0.3 is 4.90 Å². The SMILES string of the molecule is Cc1cccc(-c2cc3ccccc3cc2N(c2ccc3c(c2)C(C)(C)c2cccc(C)c2-3)c2ccccc2C23CC4CC(CC(C4)C2)C3)c1. The maximum Gasteiger partial charge on any atom is 0.0546 e. The number of fused-ring (bicyclic) bond motifs is 4. The van der Waals surface area contributed by atoms with Crippen molar-refractivity contribution in [2.24, 2.45) is 17.8 Å². The van der Waals surface area contributed by atoms with Crippen LogP contribution >= 0.6 is 0 Å². The Hall–Kier alpha value is -4.62. The highest BCUT2D eigenvalue weighted by molar-refractivity contribution is 5.99. The zero-order chi connectivity index (χ0) is 33.8. The van der Waals surface area contributed by atoms with Gasteiger partial charge in [-0.2, -0.15) is 0 Å². The summed E-state index contributed by atoms with van der Waals surface area (Å²) < 4.78 is 0. The molecule has 0 amide bonds. The molecule has 0 aliphatic heterocycles. The standard InChI is InChI=1S/C49H47N/c1-31-11-9-15-38(21-31)41-25-36-13-5-6-14-37(36)26-46(41)50(39-19-20-40-44(27-39)48(3,4)43-17-10-12-32(2)47(40)43)45-18-8-7-16-42(45)49-28-33-22-34(29-49)24-35(23-33)30-49/h5-21,25-27,33-35H,22-24,28-30H2,1-4H3. The molecule has 11 rings (SSSR count). The van der Waals surface area contributed by atoms with Gasteiger partial charge in [0.25, 0.3) is 0 Å². The van der Waals surface area contributed by atoms with Crippen LogP contribution in [0.5, 0.6) is 0 Å². The molecular formula is C49H47N. The molecule has 0 aromatic heterocycles. The van der Waals surface area contributed by atoms with Crippen molar-refractivity contribution in [2.45, 2.75) is 77.0 Å². The Morgan fingerprint density at radius 1 is 0.540 bits per heavy atom. The fourth-order valence-electron chi connectivity index (χ4n) is 11.5. The van der Waals surface area contributed by atoms with E-state index < -0.39 is 0 Å². The summed E-state index contributed by atoms with van der Waals surface area (Å²) >= 11 is 0. The van der Waals surface area contributed by atoms with Crippen molar-refractivity contribution in [3.63, 3.8) is 0 Å². The summed E-state index contributed by atoms with van der Waals surface area (Å²) in [7, 11) is 0. The van der Waals surface area contributed by atoms with Crippen molar-refractivity contribution in [3.8, 4) is 22.3 Å². The van der Waals surface area contributed by atoms with Crippen molar-refractivity contribution in [1.29, 1.82) is 0 Å². The first-order valence-corrected chi connectivity index (χ1v) is 19.0. The molecule has 4 fully saturated rings. The summed E-state index contributed by atoms with van der Waals surface area (Å²) in [6.07, 6.45) is 8.39. The van der Waals surface area contributed by atoms with Crippen molar-refractivity contribution >= 4 is 27.8 Å². The Kier molecular flexibility index (Phi) is 6.61. The Bertz CT molecular complexity index is 2290. The first kappa shape index (κ1) is 30.2. The summed E-state index contributed by atoms with van der Waals surface area (Å²) in [6.45, 7) is 9.33. The molecule has 0 radical (unpaired) electrons.